The molecule has 2 heteroatoms. The zero-order chi connectivity index (χ0) is 9.84. The molecule has 0 amide bonds. The minimum atomic E-state index is -0.0943. The van der Waals surface area contributed by atoms with E-state index in [-0.39, 0.29) is 11.7 Å². The van der Waals surface area contributed by atoms with Crippen LogP contribution in [0, 0.1) is 5.82 Å². The predicted molar refractivity (Wildman–Crippen MR) is 57.8 cm³/mol. The highest BCUT2D eigenvalue weighted by molar-refractivity contribution is 9.09. The van der Waals surface area contributed by atoms with Crippen LogP contribution in [0.1, 0.15) is 31.7 Å². The van der Waals surface area contributed by atoms with Crippen LogP contribution in [-0.4, -0.2) is 4.83 Å². The van der Waals surface area contributed by atoms with Crippen LogP contribution in [0.25, 0.3) is 0 Å². The number of hydrogen-bond acceptors (Lipinski definition) is 0. The predicted octanol–water partition coefficient (Wildman–Crippen LogP) is 4.10. The number of hydrogen-bond donors (Lipinski definition) is 0. The monoisotopic (exact) mass is 244 g/mol. The van der Waals surface area contributed by atoms with E-state index in [1.54, 1.807) is 6.07 Å². The second kappa shape index (κ2) is 4.75. The first-order valence-corrected chi connectivity index (χ1v) is 5.41. The van der Waals surface area contributed by atoms with Crippen molar-refractivity contribution >= 4 is 15.9 Å². The highest BCUT2D eigenvalue weighted by Gasteiger charge is 2.11. The molecular formula is C11H14BrF. The van der Waals surface area contributed by atoms with Crippen molar-refractivity contribution in [2.24, 2.45) is 0 Å². The van der Waals surface area contributed by atoms with Gasteiger partial charge in [-0.3, -0.25) is 0 Å². The smallest absolute Gasteiger partial charge is 0.126 e. The van der Waals surface area contributed by atoms with Crippen LogP contribution in [-0.2, 0) is 0 Å². The van der Waals surface area contributed by atoms with Crippen molar-refractivity contribution in [3.05, 3.63) is 35.6 Å². The summed E-state index contributed by atoms with van der Waals surface area (Å²) in [6, 6.07) is 6.98. The molecule has 13 heavy (non-hydrogen) atoms. The summed E-state index contributed by atoms with van der Waals surface area (Å²) in [5.41, 5.74) is 0.814. The zero-order valence-electron chi connectivity index (χ0n) is 7.93. The molecule has 2 unspecified atom stereocenters. The molecule has 0 fully saturated rings. The third-order valence-electron chi connectivity index (χ3n) is 2.11. The molecule has 0 saturated heterocycles. The van der Waals surface area contributed by atoms with Gasteiger partial charge in [-0.2, -0.15) is 0 Å². The van der Waals surface area contributed by atoms with E-state index in [2.05, 4.69) is 29.8 Å². The number of halogens is 2. The van der Waals surface area contributed by atoms with Crippen molar-refractivity contribution in [1.29, 1.82) is 0 Å². The fraction of sp³-hybridized carbons (Fsp3) is 0.455. The molecule has 1 aromatic rings. The zero-order valence-corrected chi connectivity index (χ0v) is 9.51. The van der Waals surface area contributed by atoms with Crippen molar-refractivity contribution in [2.45, 2.75) is 31.0 Å². The molecular weight excluding hydrogens is 231 g/mol. The lowest BCUT2D eigenvalue weighted by Gasteiger charge is -2.13. The van der Waals surface area contributed by atoms with E-state index in [0.717, 1.165) is 12.0 Å². The van der Waals surface area contributed by atoms with E-state index in [9.17, 15) is 4.39 Å². The first-order chi connectivity index (χ1) is 6.11. The fourth-order valence-corrected chi connectivity index (χ4v) is 2.05. The van der Waals surface area contributed by atoms with Crippen molar-refractivity contribution in [3.8, 4) is 0 Å². The molecule has 1 aromatic carbocycles. The van der Waals surface area contributed by atoms with Crippen LogP contribution in [0.15, 0.2) is 24.3 Å². The molecule has 0 spiro atoms. The Balaban J connectivity index is 2.76. The number of rotatable bonds is 3. The number of alkyl halides is 1. The summed E-state index contributed by atoms with van der Waals surface area (Å²) in [5, 5.41) is 0. The fourth-order valence-electron chi connectivity index (χ4n) is 1.49. The van der Waals surface area contributed by atoms with Gasteiger partial charge in [-0.15, -0.1) is 0 Å². The molecule has 1 rings (SSSR count). The van der Waals surface area contributed by atoms with E-state index in [4.69, 9.17) is 0 Å². The highest BCUT2D eigenvalue weighted by atomic mass is 79.9. The van der Waals surface area contributed by atoms with Gasteiger partial charge in [0.1, 0.15) is 5.82 Å². The largest absolute Gasteiger partial charge is 0.207 e. The Bertz CT molecular complexity index is 271. The molecule has 0 radical (unpaired) electrons. The third-order valence-corrected chi connectivity index (χ3v) is 2.49. The highest BCUT2D eigenvalue weighted by Crippen LogP contribution is 2.25. The molecule has 0 aliphatic heterocycles. The summed E-state index contributed by atoms with van der Waals surface area (Å²) in [6.07, 6.45) is 0.959. The Morgan fingerprint density at radius 2 is 1.92 bits per heavy atom. The first-order valence-electron chi connectivity index (χ1n) is 4.49. The molecule has 0 aliphatic rings. The summed E-state index contributed by atoms with van der Waals surface area (Å²) < 4.78 is 13.3. The van der Waals surface area contributed by atoms with Crippen molar-refractivity contribution < 1.29 is 4.39 Å². The molecule has 0 saturated carbocycles. The minimum Gasteiger partial charge on any atom is -0.207 e. The molecule has 0 aromatic heterocycles. The summed E-state index contributed by atoms with van der Waals surface area (Å²) in [7, 11) is 0. The summed E-state index contributed by atoms with van der Waals surface area (Å²) >= 11 is 3.47. The second-order valence-corrected chi connectivity index (χ2v) is 5.00. The van der Waals surface area contributed by atoms with Gasteiger partial charge < -0.3 is 0 Å². The molecule has 0 heterocycles. The summed E-state index contributed by atoms with van der Waals surface area (Å²) in [4.78, 5) is 0.433. The first kappa shape index (κ1) is 10.7. The molecule has 0 N–H and O–H groups in total. The van der Waals surface area contributed by atoms with Gasteiger partial charge in [0.05, 0.1) is 0 Å². The van der Waals surface area contributed by atoms with E-state index in [0.29, 0.717) is 4.83 Å². The van der Waals surface area contributed by atoms with Crippen LogP contribution >= 0.6 is 15.9 Å². The van der Waals surface area contributed by atoms with Gasteiger partial charge in [0.2, 0.25) is 0 Å². The molecule has 0 bridgehead atoms. The Morgan fingerprint density at radius 1 is 1.31 bits per heavy atom. The lowest BCUT2D eigenvalue weighted by Crippen LogP contribution is -2.02. The third kappa shape index (κ3) is 3.11. The van der Waals surface area contributed by atoms with E-state index < -0.39 is 0 Å². The van der Waals surface area contributed by atoms with Gasteiger partial charge in [0.15, 0.2) is 0 Å². The standard InChI is InChI=1S/C11H14BrF/c1-8(7-9(2)12)10-5-3-4-6-11(10)13/h3-6,8-9H,7H2,1-2H3. The Morgan fingerprint density at radius 3 is 2.46 bits per heavy atom. The Kier molecular flexibility index (Phi) is 3.91. The molecule has 2 atom stereocenters. The Labute approximate surface area is 87.3 Å². The van der Waals surface area contributed by atoms with Gasteiger partial charge in [-0.05, 0) is 24.0 Å². The average molecular weight is 245 g/mol. The SMILES string of the molecule is CC(Br)CC(C)c1ccccc1F. The average Bonchev–Trinajstić information content (AvgIpc) is 2.03. The van der Waals surface area contributed by atoms with Gasteiger partial charge in [0, 0.05) is 4.83 Å². The van der Waals surface area contributed by atoms with E-state index in [1.165, 1.54) is 6.07 Å². The van der Waals surface area contributed by atoms with Crippen LogP contribution < -0.4 is 0 Å². The molecule has 72 valence electrons. The number of benzene rings is 1. The normalized spacial score (nSPS) is 15.4. The van der Waals surface area contributed by atoms with E-state index in [1.807, 2.05) is 12.1 Å². The van der Waals surface area contributed by atoms with E-state index >= 15 is 0 Å². The maximum Gasteiger partial charge on any atom is 0.126 e. The maximum absolute atomic E-state index is 13.3. The summed E-state index contributed by atoms with van der Waals surface area (Å²) in [6.45, 7) is 4.13. The van der Waals surface area contributed by atoms with Gasteiger partial charge in [-0.1, -0.05) is 48.0 Å². The van der Waals surface area contributed by atoms with Crippen molar-refractivity contribution in [2.75, 3.05) is 0 Å². The quantitative estimate of drug-likeness (QED) is 0.703. The van der Waals surface area contributed by atoms with Crippen LogP contribution in [0.3, 0.4) is 0 Å². The minimum absolute atomic E-state index is 0.0943. The lowest BCUT2D eigenvalue weighted by molar-refractivity contribution is 0.575. The summed E-state index contributed by atoms with van der Waals surface area (Å²) in [5.74, 6) is 0.179. The van der Waals surface area contributed by atoms with Gasteiger partial charge in [-0.25, -0.2) is 4.39 Å². The second-order valence-electron chi connectivity index (χ2n) is 3.44. The lowest BCUT2D eigenvalue weighted by atomic mass is 9.96. The molecule has 0 aliphatic carbocycles. The van der Waals surface area contributed by atoms with Gasteiger partial charge in [0.25, 0.3) is 0 Å². The van der Waals surface area contributed by atoms with Gasteiger partial charge >= 0.3 is 0 Å². The topological polar surface area (TPSA) is 0 Å². The van der Waals surface area contributed by atoms with Crippen molar-refractivity contribution in [1.82, 2.24) is 0 Å². The van der Waals surface area contributed by atoms with Crippen LogP contribution in [0.5, 0.6) is 0 Å². The molecule has 0 nitrogen and oxygen atoms in total. The maximum atomic E-state index is 13.3. The van der Waals surface area contributed by atoms with Crippen molar-refractivity contribution in [3.63, 3.8) is 0 Å². The van der Waals surface area contributed by atoms with Crippen LogP contribution in [0.4, 0.5) is 4.39 Å². The van der Waals surface area contributed by atoms with Crippen LogP contribution in [0.2, 0.25) is 0 Å². The Hall–Kier alpha value is -0.370.